The zero-order chi connectivity index (χ0) is 14.0. The summed E-state index contributed by atoms with van der Waals surface area (Å²) >= 11 is 1.81. The Morgan fingerprint density at radius 2 is 1.79 bits per heavy atom. The van der Waals surface area contributed by atoms with E-state index >= 15 is 0 Å². The molecule has 2 heteroatoms. The topological polar surface area (TPSA) is 17.1 Å². The molecule has 1 aromatic heterocycles. The summed E-state index contributed by atoms with van der Waals surface area (Å²) < 4.78 is 0. The monoisotopic (exact) mass is 272 g/mol. The van der Waals surface area contributed by atoms with Gasteiger partial charge in [-0.2, -0.15) is 0 Å². The quantitative estimate of drug-likeness (QED) is 0.683. The minimum absolute atomic E-state index is 0.0461. The van der Waals surface area contributed by atoms with Crippen molar-refractivity contribution in [2.24, 2.45) is 5.92 Å². The van der Waals surface area contributed by atoms with Gasteiger partial charge >= 0.3 is 0 Å². The van der Waals surface area contributed by atoms with Crippen LogP contribution >= 0.6 is 11.3 Å². The van der Waals surface area contributed by atoms with Crippen molar-refractivity contribution in [3.05, 3.63) is 46.8 Å². The minimum Gasteiger partial charge on any atom is -0.294 e. The third-order valence-electron chi connectivity index (χ3n) is 3.15. The zero-order valence-electron chi connectivity index (χ0n) is 11.9. The molecule has 2 rings (SSSR count). The van der Waals surface area contributed by atoms with Crippen molar-refractivity contribution in [2.45, 2.75) is 33.6 Å². The van der Waals surface area contributed by atoms with Gasteiger partial charge in [0.05, 0.1) is 0 Å². The molecule has 0 aliphatic rings. The van der Waals surface area contributed by atoms with Crippen molar-refractivity contribution in [1.29, 1.82) is 0 Å². The number of carbonyl (C=O) groups excluding carboxylic acids is 1. The zero-order valence-corrected chi connectivity index (χ0v) is 12.8. The molecule has 19 heavy (non-hydrogen) atoms. The maximum Gasteiger partial charge on any atom is 0.165 e. The van der Waals surface area contributed by atoms with Gasteiger partial charge in [-0.1, -0.05) is 45.9 Å². The lowest BCUT2D eigenvalue weighted by molar-refractivity contribution is 0.0939. The number of hydrogen-bond acceptors (Lipinski definition) is 2. The lowest BCUT2D eigenvalue weighted by Gasteiger charge is -2.06. The molecule has 0 aliphatic carbocycles. The molecule has 0 amide bonds. The van der Waals surface area contributed by atoms with E-state index in [-0.39, 0.29) is 11.7 Å². The largest absolute Gasteiger partial charge is 0.294 e. The van der Waals surface area contributed by atoms with Gasteiger partial charge in [0.2, 0.25) is 0 Å². The Labute approximate surface area is 119 Å². The van der Waals surface area contributed by atoms with Gasteiger partial charge in [-0.15, -0.1) is 11.3 Å². The first kappa shape index (κ1) is 14.0. The fourth-order valence-electron chi connectivity index (χ4n) is 1.98. The summed E-state index contributed by atoms with van der Waals surface area (Å²) in [4.78, 5) is 14.7. The van der Waals surface area contributed by atoms with E-state index in [1.54, 1.807) is 0 Å². The molecule has 1 heterocycles. The Bertz CT molecular complexity index is 578. The predicted molar refractivity (Wildman–Crippen MR) is 83.0 cm³/mol. The van der Waals surface area contributed by atoms with Crippen LogP contribution in [0.3, 0.4) is 0 Å². The number of Topliss-reactive ketones (excluding diaryl/α,β-unsaturated/α-hetero) is 1. The van der Waals surface area contributed by atoms with Crippen LogP contribution in [0.1, 0.15) is 48.8 Å². The fraction of sp³-hybridized carbons (Fsp3) is 0.353. The average molecular weight is 272 g/mol. The van der Waals surface area contributed by atoms with E-state index in [4.69, 9.17) is 0 Å². The van der Waals surface area contributed by atoms with Crippen LogP contribution in [0.15, 0.2) is 36.4 Å². The molecule has 0 radical (unpaired) electrons. The van der Waals surface area contributed by atoms with Gasteiger partial charge in [-0.05, 0) is 29.7 Å². The Morgan fingerprint density at radius 3 is 2.37 bits per heavy atom. The summed E-state index contributed by atoms with van der Waals surface area (Å²) in [5, 5.41) is 0. The van der Waals surface area contributed by atoms with Crippen LogP contribution in [-0.2, 0) is 0 Å². The van der Waals surface area contributed by atoms with Crippen molar-refractivity contribution in [3.63, 3.8) is 0 Å². The van der Waals surface area contributed by atoms with Crippen molar-refractivity contribution < 1.29 is 4.79 Å². The van der Waals surface area contributed by atoms with Gasteiger partial charge in [0, 0.05) is 21.2 Å². The molecule has 1 aromatic carbocycles. The third-order valence-corrected chi connectivity index (χ3v) is 4.59. The van der Waals surface area contributed by atoms with Crippen LogP contribution < -0.4 is 0 Å². The van der Waals surface area contributed by atoms with Crippen LogP contribution in [0.5, 0.6) is 0 Å². The van der Waals surface area contributed by atoms with E-state index in [0.29, 0.717) is 5.92 Å². The molecule has 0 saturated heterocycles. The molecule has 0 saturated carbocycles. The van der Waals surface area contributed by atoms with E-state index in [2.05, 4.69) is 32.0 Å². The highest BCUT2D eigenvalue weighted by molar-refractivity contribution is 7.15. The Morgan fingerprint density at radius 1 is 1.05 bits per heavy atom. The molecule has 0 atom stereocenters. The second-order valence-electron chi connectivity index (χ2n) is 5.46. The Balaban J connectivity index is 2.35. The first-order valence-corrected chi connectivity index (χ1v) is 7.55. The maximum atomic E-state index is 12.0. The van der Waals surface area contributed by atoms with Gasteiger partial charge in [0.25, 0.3) is 0 Å². The minimum atomic E-state index is 0.0461. The summed E-state index contributed by atoms with van der Waals surface area (Å²) in [6.45, 7) is 8.29. The number of carbonyl (C=O) groups is 1. The molecule has 2 aromatic rings. The normalized spacial score (nSPS) is 11.3. The lowest BCUT2D eigenvalue weighted by Crippen LogP contribution is -2.07. The molecule has 100 valence electrons. The molecular weight excluding hydrogens is 252 g/mol. The van der Waals surface area contributed by atoms with Crippen molar-refractivity contribution in [2.75, 3.05) is 0 Å². The van der Waals surface area contributed by atoms with Crippen LogP contribution in [0.25, 0.3) is 10.4 Å². The maximum absolute atomic E-state index is 12.0. The second kappa shape index (κ2) is 5.70. The van der Waals surface area contributed by atoms with Gasteiger partial charge in [0.15, 0.2) is 5.78 Å². The van der Waals surface area contributed by atoms with Crippen LogP contribution in [0, 0.1) is 5.92 Å². The molecule has 0 spiro atoms. The molecule has 0 unspecified atom stereocenters. The molecule has 0 N–H and O–H groups in total. The molecule has 1 nitrogen and oxygen atoms in total. The van der Waals surface area contributed by atoms with Crippen molar-refractivity contribution in [3.8, 4) is 10.4 Å². The highest BCUT2D eigenvalue weighted by Gasteiger charge is 2.12. The Hall–Kier alpha value is -1.41. The van der Waals surface area contributed by atoms with Gasteiger partial charge in [-0.25, -0.2) is 0 Å². The summed E-state index contributed by atoms with van der Waals surface area (Å²) in [5.74, 6) is 0.812. The van der Waals surface area contributed by atoms with E-state index in [9.17, 15) is 4.79 Å². The highest BCUT2D eigenvalue weighted by atomic mass is 32.1. The van der Waals surface area contributed by atoms with Crippen LogP contribution in [0.2, 0.25) is 0 Å². The summed E-state index contributed by atoms with van der Waals surface area (Å²) in [7, 11) is 0. The SMILES string of the molecule is CC(C)C(=O)c1cccc(-c2ccc(C(C)C)s2)c1. The molecule has 0 bridgehead atoms. The van der Waals surface area contributed by atoms with Crippen molar-refractivity contribution in [1.82, 2.24) is 0 Å². The van der Waals surface area contributed by atoms with Crippen LogP contribution in [0.4, 0.5) is 0 Å². The van der Waals surface area contributed by atoms with Crippen LogP contribution in [-0.4, -0.2) is 5.78 Å². The Kier molecular flexibility index (Phi) is 4.20. The van der Waals surface area contributed by atoms with E-state index in [1.165, 1.54) is 9.75 Å². The predicted octanol–water partition coefficient (Wildman–Crippen LogP) is 5.38. The first-order valence-electron chi connectivity index (χ1n) is 6.73. The number of thiophene rings is 1. The lowest BCUT2D eigenvalue weighted by atomic mass is 9.99. The number of benzene rings is 1. The molecule has 0 fully saturated rings. The summed E-state index contributed by atoms with van der Waals surface area (Å²) in [6.07, 6.45) is 0. The fourth-order valence-corrected chi connectivity index (χ4v) is 2.98. The first-order chi connectivity index (χ1) is 8.99. The van der Waals surface area contributed by atoms with Crippen molar-refractivity contribution >= 4 is 17.1 Å². The molecule has 0 aliphatic heterocycles. The highest BCUT2D eigenvalue weighted by Crippen LogP contribution is 2.32. The number of hydrogen-bond donors (Lipinski definition) is 0. The second-order valence-corrected chi connectivity index (χ2v) is 6.57. The van der Waals surface area contributed by atoms with E-state index in [0.717, 1.165) is 11.1 Å². The van der Waals surface area contributed by atoms with Gasteiger partial charge < -0.3 is 0 Å². The van der Waals surface area contributed by atoms with E-state index < -0.39 is 0 Å². The van der Waals surface area contributed by atoms with Gasteiger partial charge in [0.1, 0.15) is 0 Å². The number of rotatable bonds is 4. The van der Waals surface area contributed by atoms with Gasteiger partial charge in [-0.3, -0.25) is 4.79 Å². The molecular formula is C17H20OS. The number of ketones is 1. The summed E-state index contributed by atoms with van der Waals surface area (Å²) in [5.41, 5.74) is 1.95. The standard InChI is InChI=1S/C17H20OS/c1-11(2)15-8-9-16(19-15)13-6-5-7-14(10-13)17(18)12(3)4/h5-12H,1-4H3. The average Bonchev–Trinajstić information content (AvgIpc) is 2.87. The smallest absolute Gasteiger partial charge is 0.165 e. The third kappa shape index (κ3) is 3.13. The summed E-state index contributed by atoms with van der Waals surface area (Å²) in [6, 6.07) is 12.3. The van der Waals surface area contributed by atoms with E-state index in [1.807, 2.05) is 43.4 Å².